The Morgan fingerprint density at radius 2 is 1.58 bits per heavy atom. The predicted molar refractivity (Wildman–Crippen MR) is 163 cm³/mol. The first kappa shape index (κ1) is 27.6. The molecule has 4 aliphatic heterocycles. The molecule has 2 fully saturated rings. The Bertz CT molecular complexity index is 1670. The third-order valence-corrected chi connectivity index (χ3v) is 9.58. The van der Waals surface area contributed by atoms with Gasteiger partial charge in [-0.05, 0) is 42.3 Å². The molecule has 0 bridgehead atoms. The molecule has 1 spiro atoms. The van der Waals surface area contributed by atoms with Crippen LogP contribution in [0, 0.1) is 11.8 Å². The summed E-state index contributed by atoms with van der Waals surface area (Å²) >= 11 is 0. The van der Waals surface area contributed by atoms with Crippen molar-refractivity contribution >= 4 is 34.2 Å². The number of carbonyl (C=O) groups is 3. The Balaban J connectivity index is 1.32. The van der Waals surface area contributed by atoms with E-state index in [0.717, 1.165) is 16.3 Å². The van der Waals surface area contributed by atoms with E-state index in [0.29, 0.717) is 18.8 Å². The average molecular weight is 578 g/mol. The molecule has 3 aromatic carbocycles. The first-order chi connectivity index (χ1) is 20.8. The summed E-state index contributed by atoms with van der Waals surface area (Å²) < 4.78 is 6.90. The standard InChI is InChI=1S/C35H35N3O5/c1-23(22-39)38-30-33(42)37(27-15-14-25-12-6-7-13-26(25)20-27)19-9-17-35(30)29(32(38)41)28-31(40)36(18-8-16-34(28,2)43-35)21-24-10-4-3-5-11-24/h3-17,20,23,28-30,39H,18-19,21-22H2,1-2H3/t23-,28+,29+,30?,34-,35+/m1/s1. The summed E-state index contributed by atoms with van der Waals surface area (Å²) in [5.74, 6) is -2.59. The number of aliphatic hydroxyl groups excluding tert-OH is 1. The molecule has 0 saturated carbocycles. The molecule has 220 valence electrons. The van der Waals surface area contributed by atoms with Gasteiger partial charge in [-0.25, -0.2) is 0 Å². The number of amides is 3. The molecule has 8 nitrogen and oxygen atoms in total. The van der Waals surface area contributed by atoms with Gasteiger partial charge in [-0.2, -0.15) is 0 Å². The van der Waals surface area contributed by atoms with Gasteiger partial charge < -0.3 is 24.5 Å². The van der Waals surface area contributed by atoms with Gasteiger partial charge in [-0.3, -0.25) is 14.4 Å². The van der Waals surface area contributed by atoms with E-state index in [1.54, 1.807) is 16.7 Å². The van der Waals surface area contributed by atoms with Crippen LogP contribution in [-0.4, -0.2) is 75.6 Å². The highest BCUT2D eigenvalue weighted by Gasteiger charge is 2.75. The molecule has 2 saturated heterocycles. The summed E-state index contributed by atoms with van der Waals surface area (Å²) in [6.07, 6.45) is 7.54. The number of fused-ring (bicyclic) bond motifs is 3. The van der Waals surface area contributed by atoms with Gasteiger partial charge in [0.15, 0.2) is 0 Å². The number of carbonyl (C=O) groups excluding carboxylic acids is 3. The number of nitrogens with zero attached hydrogens (tertiary/aromatic N) is 3. The van der Waals surface area contributed by atoms with Crippen molar-refractivity contribution in [1.29, 1.82) is 0 Å². The smallest absolute Gasteiger partial charge is 0.253 e. The van der Waals surface area contributed by atoms with E-state index in [1.807, 2.05) is 104 Å². The van der Waals surface area contributed by atoms with Crippen LogP contribution in [0.25, 0.3) is 10.8 Å². The van der Waals surface area contributed by atoms with E-state index in [4.69, 9.17) is 4.74 Å². The number of benzene rings is 3. The van der Waals surface area contributed by atoms with Crippen LogP contribution in [0.15, 0.2) is 97.1 Å². The van der Waals surface area contributed by atoms with Crippen LogP contribution in [0.4, 0.5) is 5.69 Å². The largest absolute Gasteiger partial charge is 0.394 e. The third-order valence-electron chi connectivity index (χ3n) is 9.58. The zero-order valence-electron chi connectivity index (χ0n) is 24.3. The maximum Gasteiger partial charge on any atom is 0.253 e. The summed E-state index contributed by atoms with van der Waals surface area (Å²) in [7, 11) is 0. The van der Waals surface area contributed by atoms with Gasteiger partial charge in [-0.15, -0.1) is 0 Å². The van der Waals surface area contributed by atoms with Gasteiger partial charge >= 0.3 is 0 Å². The Kier molecular flexibility index (Phi) is 6.52. The molecule has 4 heterocycles. The zero-order valence-corrected chi connectivity index (χ0v) is 24.3. The molecule has 0 aliphatic carbocycles. The van der Waals surface area contributed by atoms with Crippen LogP contribution in [0.2, 0.25) is 0 Å². The number of rotatable bonds is 5. The quantitative estimate of drug-likeness (QED) is 0.468. The summed E-state index contributed by atoms with van der Waals surface area (Å²) in [6, 6.07) is 21.9. The molecule has 3 aromatic rings. The van der Waals surface area contributed by atoms with Crippen molar-refractivity contribution in [3.63, 3.8) is 0 Å². The molecule has 1 unspecified atom stereocenters. The van der Waals surface area contributed by atoms with E-state index >= 15 is 0 Å². The van der Waals surface area contributed by atoms with Crippen molar-refractivity contribution in [3.8, 4) is 0 Å². The van der Waals surface area contributed by atoms with Gasteiger partial charge in [0.2, 0.25) is 11.8 Å². The fourth-order valence-corrected chi connectivity index (χ4v) is 7.60. The molecule has 43 heavy (non-hydrogen) atoms. The highest BCUT2D eigenvalue weighted by atomic mass is 16.5. The molecular formula is C35H35N3O5. The van der Waals surface area contributed by atoms with Crippen LogP contribution in [0.5, 0.6) is 0 Å². The summed E-state index contributed by atoms with van der Waals surface area (Å²) in [4.78, 5) is 48.4. The second-order valence-electron chi connectivity index (χ2n) is 12.3. The maximum absolute atomic E-state index is 14.7. The van der Waals surface area contributed by atoms with Gasteiger partial charge in [0.25, 0.3) is 5.91 Å². The van der Waals surface area contributed by atoms with Crippen LogP contribution in [0.3, 0.4) is 0 Å². The second kappa shape index (κ2) is 10.2. The molecule has 1 N–H and O–H groups in total. The van der Waals surface area contributed by atoms with Crippen LogP contribution >= 0.6 is 0 Å². The molecule has 6 atom stereocenters. The summed E-state index contributed by atoms with van der Waals surface area (Å²) in [5.41, 5.74) is -0.777. The highest BCUT2D eigenvalue weighted by molar-refractivity contribution is 6.06. The average Bonchev–Trinajstić information content (AvgIpc) is 3.30. The summed E-state index contributed by atoms with van der Waals surface area (Å²) in [6.45, 7) is 4.32. The number of aliphatic hydroxyl groups is 1. The summed E-state index contributed by atoms with van der Waals surface area (Å²) in [5, 5.41) is 12.3. The maximum atomic E-state index is 14.7. The van der Waals surface area contributed by atoms with E-state index in [9.17, 15) is 19.5 Å². The van der Waals surface area contributed by atoms with Crippen molar-refractivity contribution in [2.24, 2.45) is 11.8 Å². The van der Waals surface area contributed by atoms with Crippen LogP contribution < -0.4 is 4.90 Å². The lowest BCUT2D eigenvalue weighted by atomic mass is 9.74. The number of ether oxygens (including phenoxy) is 1. The van der Waals surface area contributed by atoms with Crippen LogP contribution in [0.1, 0.15) is 19.4 Å². The third kappa shape index (κ3) is 4.15. The van der Waals surface area contributed by atoms with Crippen molar-refractivity contribution in [1.82, 2.24) is 9.80 Å². The SMILES string of the molecule is C[C@H](CO)N1C(=O)[C@@H]2[C@H]3C(=O)N(Cc4ccccc4)CC=C[C@@]3(C)O[C@@]23C=CCN(c2ccc4ccccc4c2)C(=O)C13. The van der Waals surface area contributed by atoms with Crippen molar-refractivity contribution in [2.45, 2.75) is 43.7 Å². The van der Waals surface area contributed by atoms with E-state index in [2.05, 4.69) is 0 Å². The first-order valence-corrected chi connectivity index (χ1v) is 14.9. The Labute approximate surface area is 250 Å². The number of hydrogen-bond acceptors (Lipinski definition) is 5. The fourth-order valence-electron chi connectivity index (χ4n) is 7.60. The fraction of sp³-hybridized carbons (Fsp3) is 0.343. The Hall–Kier alpha value is -4.27. The Morgan fingerprint density at radius 1 is 0.860 bits per heavy atom. The Morgan fingerprint density at radius 3 is 2.35 bits per heavy atom. The van der Waals surface area contributed by atoms with Crippen molar-refractivity contribution < 1.29 is 24.2 Å². The first-order valence-electron chi connectivity index (χ1n) is 14.9. The monoisotopic (exact) mass is 577 g/mol. The van der Waals surface area contributed by atoms with Crippen molar-refractivity contribution in [3.05, 3.63) is 103 Å². The normalized spacial score (nSPS) is 30.7. The number of likely N-dealkylation sites (tertiary alicyclic amines) is 1. The minimum absolute atomic E-state index is 0.180. The molecule has 0 radical (unpaired) electrons. The second-order valence-corrected chi connectivity index (χ2v) is 12.3. The molecule has 8 heteroatoms. The highest BCUT2D eigenvalue weighted by Crippen LogP contribution is 2.58. The predicted octanol–water partition coefficient (Wildman–Crippen LogP) is 3.69. The molecule has 3 amide bonds. The van der Waals surface area contributed by atoms with Gasteiger partial charge in [-0.1, -0.05) is 85.0 Å². The minimum atomic E-state index is -1.38. The van der Waals surface area contributed by atoms with Crippen molar-refractivity contribution in [2.75, 3.05) is 24.6 Å². The van der Waals surface area contributed by atoms with E-state index in [1.165, 1.54) is 4.90 Å². The minimum Gasteiger partial charge on any atom is -0.394 e. The molecular weight excluding hydrogens is 542 g/mol. The topological polar surface area (TPSA) is 90.4 Å². The lowest BCUT2D eigenvalue weighted by molar-refractivity contribution is -0.151. The lowest BCUT2D eigenvalue weighted by Crippen LogP contribution is -2.58. The number of hydrogen-bond donors (Lipinski definition) is 1. The zero-order chi connectivity index (χ0) is 29.9. The molecule has 7 rings (SSSR count). The van der Waals surface area contributed by atoms with E-state index < -0.39 is 35.1 Å². The van der Waals surface area contributed by atoms with Crippen LogP contribution in [-0.2, 0) is 25.7 Å². The van der Waals surface area contributed by atoms with Gasteiger partial charge in [0, 0.05) is 25.3 Å². The molecule has 0 aromatic heterocycles. The lowest BCUT2D eigenvalue weighted by Gasteiger charge is -2.39. The van der Waals surface area contributed by atoms with Gasteiger partial charge in [0.1, 0.15) is 11.6 Å². The molecule has 4 aliphatic rings. The number of anilines is 1. The van der Waals surface area contributed by atoms with Gasteiger partial charge in [0.05, 0.1) is 30.1 Å². The van der Waals surface area contributed by atoms with E-state index in [-0.39, 0.29) is 30.9 Å².